The lowest BCUT2D eigenvalue weighted by Gasteiger charge is -1.99. The zero-order chi connectivity index (χ0) is 14.7. The summed E-state index contributed by atoms with van der Waals surface area (Å²) in [6.07, 6.45) is 1.45. The number of hydrogen-bond acceptors (Lipinski definition) is 4. The predicted octanol–water partition coefficient (Wildman–Crippen LogP) is 2.52. The lowest BCUT2D eigenvalue weighted by atomic mass is 10.2. The Morgan fingerprint density at radius 1 is 1.50 bits per heavy atom. The molecule has 0 aliphatic carbocycles. The highest BCUT2D eigenvalue weighted by atomic mass is 35.5. The largest absolute Gasteiger partial charge is 0.330 e. The third kappa shape index (κ3) is 3.47. The molecule has 4 N–H and O–H groups in total. The van der Waals surface area contributed by atoms with Gasteiger partial charge in [0.05, 0.1) is 11.2 Å². The van der Waals surface area contributed by atoms with Crippen molar-refractivity contribution in [2.45, 2.75) is 6.92 Å². The fraction of sp³-hybridized carbons (Fsp3) is 0.0833. The number of nitrogen functional groups attached to an aromatic ring is 1. The van der Waals surface area contributed by atoms with E-state index in [-0.39, 0.29) is 5.91 Å². The number of thiazole rings is 1. The van der Waals surface area contributed by atoms with E-state index in [4.69, 9.17) is 28.9 Å². The van der Waals surface area contributed by atoms with Gasteiger partial charge in [0.25, 0.3) is 5.91 Å². The monoisotopic (exact) mass is 329 g/mol. The summed E-state index contributed by atoms with van der Waals surface area (Å²) in [5, 5.41) is 5.33. The number of nitrogens with one attached hydrogen (secondary N) is 2. The topological polar surface area (TPSA) is 81.6 Å². The van der Waals surface area contributed by atoms with Crippen LogP contribution in [-0.2, 0) is 0 Å². The third-order valence-corrected chi connectivity index (χ3v) is 3.98. The Morgan fingerprint density at radius 2 is 2.25 bits per heavy atom. The van der Waals surface area contributed by atoms with Gasteiger partial charge in [-0.25, -0.2) is 10.4 Å². The van der Waals surface area contributed by atoms with Crippen molar-refractivity contribution in [3.63, 3.8) is 0 Å². The number of amides is 1. The number of aryl methyl sites for hydroxylation is 1. The van der Waals surface area contributed by atoms with Crippen LogP contribution in [0.4, 0.5) is 5.13 Å². The number of H-pyrrole nitrogens is 1. The maximum Gasteiger partial charge on any atom is 0.330 e. The van der Waals surface area contributed by atoms with Crippen LogP contribution in [0.1, 0.15) is 20.9 Å². The summed E-state index contributed by atoms with van der Waals surface area (Å²) in [6, 6.07) is 5.00. The number of nitrogens with two attached hydrogens (primary N) is 1. The van der Waals surface area contributed by atoms with Gasteiger partial charge in [-0.3, -0.25) is 10.5 Å². The van der Waals surface area contributed by atoms with E-state index >= 15 is 0 Å². The molecule has 0 saturated carbocycles. The summed E-state index contributed by atoms with van der Waals surface area (Å²) in [4.78, 5) is 15.2. The van der Waals surface area contributed by atoms with Crippen molar-refractivity contribution >= 4 is 51.8 Å². The second-order valence-electron chi connectivity index (χ2n) is 3.91. The Hall–Kier alpha value is -1.63. The number of benzene rings is 1. The quantitative estimate of drug-likeness (QED) is 0.670. The molecule has 0 radical (unpaired) electrons. The molecule has 0 fully saturated rings. The molecule has 0 aliphatic heterocycles. The second kappa shape index (κ2) is 6.21. The number of anilines is 1. The van der Waals surface area contributed by atoms with Crippen LogP contribution >= 0.6 is 34.5 Å². The minimum Gasteiger partial charge on any atom is -0.278 e. The first-order valence-electron chi connectivity index (χ1n) is 5.54. The maximum atomic E-state index is 11.9. The number of aromatic nitrogens is 1. The number of hydrogen-bond donors (Lipinski definition) is 2. The number of aromatic amines is 1. The molecule has 8 heteroatoms. The molecule has 2 rings (SSSR count). The minimum absolute atomic E-state index is 0.332. The van der Waals surface area contributed by atoms with Gasteiger partial charge in [-0.05, 0) is 30.4 Å². The molecule has 0 saturated heterocycles. The van der Waals surface area contributed by atoms with Gasteiger partial charge in [-0.2, -0.15) is 5.10 Å². The van der Waals surface area contributed by atoms with Gasteiger partial charge in [0.15, 0.2) is 0 Å². The van der Waals surface area contributed by atoms with Crippen LogP contribution in [-0.4, -0.2) is 12.1 Å². The van der Waals surface area contributed by atoms with Crippen molar-refractivity contribution in [3.8, 4) is 0 Å². The third-order valence-electron chi connectivity index (χ3n) is 2.40. The summed E-state index contributed by atoms with van der Waals surface area (Å²) < 4.78 is 0. The van der Waals surface area contributed by atoms with Crippen LogP contribution in [0.5, 0.6) is 0 Å². The fourth-order valence-corrected chi connectivity index (χ4v) is 2.71. The molecule has 0 unspecified atom stereocenters. The lowest BCUT2D eigenvalue weighted by molar-refractivity contribution is -0.363. The van der Waals surface area contributed by atoms with E-state index in [0.717, 1.165) is 0 Å². The van der Waals surface area contributed by atoms with Gasteiger partial charge >= 0.3 is 5.13 Å². The van der Waals surface area contributed by atoms with Crippen LogP contribution < -0.4 is 16.1 Å². The molecule has 1 aromatic heterocycles. The van der Waals surface area contributed by atoms with Gasteiger partial charge in [-0.15, -0.1) is 0 Å². The van der Waals surface area contributed by atoms with Gasteiger partial charge < -0.3 is 0 Å². The first kappa shape index (κ1) is 14.8. The molecule has 1 aromatic carbocycles. The minimum atomic E-state index is -0.332. The molecule has 2 aromatic rings. The van der Waals surface area contributed by atoms with Gasteiger partial charge in [0, 0.05) is 10.6 Å². The van der Waals surface area contributed by atoms with Crippen LogP contribution in [0.15, 0.2) is 23.3 Å². The van der Waals surface area contributed by atoms with E-state index in [0.29, 0.717) is 31.3 Å². The van der Waals surface area contributed by atoms with Crippen LogP contribution in [0.3, 0.4) is 0 Å². The van der Waals surface area contributed by atoms with Crippen molar-refractivity contribution < 1.29 is 9.78 Å². The van der Waals surface area contributed by atoms with E-state index in [1.54, 1.807) is 25.1 Å². The van der Waals surface area contributed by atoms with Crippen molar-refractivity contribution in [2.24, 2.45) is 5.10 Å². The van der Waals surface area contributed by atoms with Crippen molar-refractivity contribution in [3.05, 3.63) is 44.4 Å². The van der Waals surface area contributed by atoms with Crippen molar-refractivity contribution in [1.29, 1.82) is 0 Å². The highest BCUT2D eigenvalue weighted by molar-refractivity contribution is 7.16. The second-order valence-corrected chi connectivity index (χ2v) is 5.81. The molecule has 104 valence electrons. The molecule has 0 bridgehead atoms. The number of halogens is 2. The molecule has 1 amide bonds. The molecule has 0 atom stereocenters. The fourth-order valence-electron chi connectivity index (χ4n) is 1.49. The molecule has 0 aliphatic rings. The Labute approximate surface area is 129 Å². The molecule has 5 nitrogen and oxygen atoms in total. The Bertz CT molecular complexity index is 684. The number of carbonyl (C=O) groups is 1. The highest BCUT2D eigenvalue weighted by Crippen LogP contribution is 2.19. The van der Waals surface area contributed by atoms with Crippen LogP contribution in [0.25, 0.3) is 0 Å². The molecule has 1 heterocycles. The smallest absolute Gasteiger partial charge is 0.278 e. The van der Waals surface area contributed by atoms with Crippen LogP contribution in [0.2, 0.25) is 10.0 Å². The predicted molar refractivity (Wildman–Crippen MR) is 81.5 cm³/mol. The number of rotatable bonds is 3. The average Bonchev–Trinajstić information content (AvgIpc) is 2.71. The summed E-state index contributed by atoms with van der Waals surface area (Å²) in [7, 11) is 0. The van der Waals surface area contributed by atoms with E-state index in [1.807, 2.05) is 0 Å². The zero-order valence-electron chi connectivity index (χ0n) is 10.4. The maximum absolute atomic E-state index is 11.9. The SMILES string of the molecule is Cc1[nH+]c(N)sc1C(=O)NN=Cc1ccc(Cl)cc1Cl. The number of carbonyl (C=O) groups excluding carboxylic acids is 1. The summed E-state index contributed by atoms with van der Waals surface area (Å²) in [5.74, 6) is -0.332. The summed E-state index contributed by atoms with van der Waals surface area (Å²) >= 11 is 12.9. The average molecular weight is 330 g/mol. The van der Waals surface area contributed by atoms with Gasteiger partial charge in [0.2, 0.25) is 0 Å². The van der Waals surface area contributed by atoms with Gasteiger partial charge in [-0.1, -0.05) is 29.3 Å². The summed E-state index contributed by atoms with van der Waals surface area (Å²) in [6.45, 7) is 1.77. The van der Waals surface area contributed by atoms with E-state index in [2.05, 4.69) is 15.5 Å². The summed E-state index contributed by atoms with van der Waals surface area (Å²) in [5.41, 5.74) is 9.36. The standard InChI is InChI=1S/C12H10Cl2N4OS/c1-6-10(20-12(15)17-6)11(19)18-16-5-7-2-3-8(13)4-9(7)14/h2-5H,1H3,(H2,15,17)(H,18,19)/p+1. The first-order valence-corrected chi connectivity index (χ1v) is 7.11. The van der Waals surface area contributed by atoms with Crippen molar-refractivity contribution in [2.75, 3.05) is 5.73 Å². The lowest BCUT2D eigenvalue weighted by Crippen LogP contribution is -2.19. The zero-order valence-corrected chi connectivity index (χ0v) is 12.7. The first-order chi connectivity index (χ1) is 9.47. The van der Waals surface area contributed by atoms with Gasteiger partial charge in [0.1, 0.15) is 10.6 Å². The Balaban J connectivity index is 2.06. The van der Waals surface area contributed by atoms with Crippen LogP contribution in [0, 0.1) is 6.92 Å². The van der Waals surface area contributed by atoms with E-state index in [9.17, 15) is 4.79 Å². The molecule has 0 spiro atoms. The highest BCUT2D eigenvalue weighted by Gasteiger charge is 2.16. The number of hydrazone groups is 1. The number of nitrogens with zero attached hydrogens (tertiary/aromatic N) is 1. The van der Waals surface area contributed by atoms with E-state index < -0.39 is 0 Å². The molecule has 20 heavy (non-hydrogen) atoms. The normalized spacial score (nSPS) is 10.9. The molecular formula is C12H11Cl2N4OS+. The molecular weight excluding hydrogens is 319 g/mol. The van der Waals surface area contributed by atoms with E-state index in [1.165, 1.54) is 17.6 Å². The van der Waals surface area contributed by atoms with Crippen molar-refractivity contribution in [1.82, 2.24) is 5.43 Å². The Kier molecular flexibility index (Phi) is 4.59. The Morgan fingerprint density at radius 3 is 2.85 bits per heavy atom.